The highest BCUT2D eigenvalue weighted by Crippen LogP contribution is 2.21. The molecule has 2 aromatic carbocycles. The van der Waals surface area contributed by atoms with Crippen LogP contribution >= 0.6 is 34.8 Å². The molecule has 0 heterocycles. The van der Waals surface area contributed by atoms with Gasteiger partial charge in [0.25, 0.3) is 0 Å². The number of carbonyl (C=O) groups is 2. The normalized spacial score (nSPS) is 11.8. The van der Waals surface area contributed by atoms with Crippen molar-refractivity contribution >= 4 is 46.6 Å². The minimum Gasteiger partial charge on any atom is -0.350 e. The van der Waals surface area contributed by atoms with Gasteiger partial charge in [-0.15, -0.1) is 0 Å². The van der Waals surface area contributed by atoms with Crippen molar-refractivity contribution in [1.82, 2.24) is 10.2 Å². The lowest BCUT2D eigenvalue weighted by Gasteiger charge is -2.29. The van der Waals surface area contributed by atoms with E-state index in [4.69, 9.17) is 34.8 Å². The second kappa shape index (κ2) is 10.7. The van der Waals surface area contributed by atoms with Gasteiger partial charge in [0.05, 0.1) is 0 Å². The lowest BCUT2D eigenvalue weighted by atomic mass is 10.1. The van der Waals surface area contributed by atoms with Gasteiger partial charge in [-0.3, -0.25) is 9.59 Å². The van der Waals surface area contributed by atoms with Crippen molar-refractivity contribution < 1.29 is 9.59 Å². The predicted octanol–water partition coefficient (Wildman–Crippen LogP) is 5.48. The van der Waals surface area contributed by atoms with E-state index in [0.717, 1.165) is 11.1 Å². The highest BCUT2D eigenvalue weighted by Gasteiger charge is 2.25. The van der Waals surface area contributed by atoms with Crippen molar-refractivity contribution in [2.75, 3.05) is 0 Å². The molecule has 0 bridgehead atoms. The van der Waals surface area contributed by atoms with Crippen LogP contribution in [0.1, 0.15) is 37.8 Å². The van der Waals surface area contributed by atoms with E-state index >= 15 is 0 Å². The van der Waals surface area contributed by atoms with Gasteiger partial charge in [0.1, 0.15) is 6.04 Å². The Morgan fingerprint density at radius 1 is 1.04 bits per heavy atom. The van der Waals surface area contributed by atoms with Gasteiger partial charge in [-0.05, 0) is 48.7 Å². The van der Waals surface area contributed by atoms with E-state index in [2.05, 4.69) is 5.32 Å². The Labute approximate surface area is 180 Å². The van der Waals surface area contributed by atoms with Crippen molar-refractivity contribution in [2.24, 2.45) is 0 Å². The first-order valence-electron chi connectivity index (χ1n) is 9.07. The number of carbonyl (C=O) groups excluding carboxylic acids is 2. The van der Waals surface area contributed by atoms with Crippen LogP contribution in [0.3, 0.4) is 0 Å². The molecule has 0 aliphatic rings. The van der Waals surface area contributed by atoms with Gasteiger partial charge < -0.3 is 10.2 Å². The van der Waals surface area contributed by atoms with E-state index < -0.39 is 6.04 Å². The zero-order valence-corrected chi connectivity index (χ0v) is 18.1. The molecule has 0 fully saturated rings. The maximum Gasteiger partial charge on any atom is 0.242 e. The monoisotopic (exact) mass is 440 g/mol. The Kier molecular flexibility index (Phi) is 8.61. The minimum absolute atomic E-state index is 0.0652. The summed E-state index contributed by atoms with van der Waals surface area (Å²) >= 11 is 18.0. The van der Waals surface area contributed by atoms with Gasteiger partial charge >= 0.3 is 0 Å². The summed E-state index contributed by atoms with van der Waals surface area (Å²) in [5.41, 5.74) is 1.67. The van der Waals surface area contributed by atoms with E-state index in [1.807, 2.05) is 19.1 Å². The summed E-state index contributed by atoms with van der Waals surface area (Å²) in [4.78, 5) is 26.9. The lowest BCUT2D eigenvalue weighted by molar-refractivity contribution is -0.140. The smallest absolute Gasteiger partial charge is 0.242 e. The first kappa shape index (κ1) is 22.5. The van der Waals surface area contributed by atoms with Gasteiger partial charge in [0.2, 0.25) is 11.8 Å². The molecule has 0 aromatic heterocycles. The molecule has 4 nitrogen and oxygen atoms in total. The SMILES string of the molecule is CCCC(=O)N(Cc1ccc(Cl)cc1)C(C)C(=O)NCc1ccc(Cl)cc1Cl. The molecule has 2 amide bonds. The molecule has 28 heavy (non-hydrogen) atoms. The number of hydrogen-bond donors (Lipinski definition) is 1. The third-order valence-electron chi connectivity index (χ3n) is 4.37. The van der Waals surface area contributed by atoms with Crippen LogP contribution in [-0.2, 0) is 22.7 Å². The van der Waals surface area contributed by atoms with E-state index in [9.17, 15) is 9.59 Å². The van der Waals surface area contributed by atoms with Crippen LogP contribution in [0, 0.1) is 0 Å². The van der Waals surface area contributed by atoms with Crippen LogP contribution in [0.15, 0.2) is 42.5 Å². The Bertz CT molecular complexity index is 825. The van der Waals surface area contributed by atoms with Crippen molar-refractivity contribution in [3.05, 3.63) is 68.7 Å². The van der Waals surface area contributed by atoms with Crippen LogP contribution in [-0.4, -0.2) is 22.8 Å². The number of amides is 2. The van der Waals surface area contributed by atoms with Crippen LogP contribution in [0.2, 0.25) is 15.1 Å². The maximum absolute atomic E-state index is 12.7. The molecule has 0 radical (unpaired) electrons. The number of nitrogens with zero attached hydrogens (tertiary/aromatic N) is 1. The lowest BCUT2D eigenvalue weighted by Crippen LogP contribution is -2.47. The first-order chi connectivity index (χ1) is 13.3. The molecule has 150 valence electrons. The molecule has 1 atom stereocenters. The van der Waals surface area contributed by atoms with Crippen LogP contribution in [0.4, 0.5) is 0 Å². The zero-order valence-electron chi connectivity index (χ0n) is 15.8. The number of halogens is 3. The molecule has 7 heteroatoms. The number of hydrogen-bond acceptors (Lipinski definition) is 2. The quantitative estimate of drug-likeness (QED) is 0.589. The van der Waals surface area contributed by atoms with Gasteiger partial charge in [-0.25, -0.2) is 0 Å². The average Bonchev–Trinajstić information content (AvgIpc) is 2.66. The largest absolute Gasteiger partial charge is 0.350 e. The van der Waals surface area contributed by atoms with E-state index in [0.29, 0.717) is 34.5 Å². The standard InChI is InChI=1S/C21H23Cl3N2O2/c1-3-4-20(27)26(13-15-5-8-17(22)9-6-15)14(2)21(28)25-12-16-7-10-18(23)11-19(16)24/h5-11,14H,3-4,12-13H2,1-2H3,(H,25,28). The number of benzene rings is 2. The summed E-state index contributed by atoms with van der Waals surface area (Å²) in [6, 6.07) is 11.7. The van der Waals surface area contributed by atoms with Crippen molar-refractivity contribution in [3.8, 4) is 0 Å². The number of rotatable bonds is 8. The molecule has 0 saturated heterocycles. The Morgan fingerprint density at radius 2 is 1.68 bits per heavy atom. The third kappa shape index (κ3) is 6.40. The fourth-order valence-corrected chi connectivity index (χ4v) is 3.32. The minimum atomic E-state index is -0.624. The Hall–Kier alpha value is -1.75. The van der Waals surface area contributed by atoms with Crippen LogP contribution < -0.4 is 5.32 Å². The molecule has 0 aliphatic heterocycles. The average molecular weight is 442 g/mol. The highest BCUT2D eigenvalue weighted by molar-refractivity contribution is 6.35. The predicted molar refractivity (Wildman–Crippen MR) is 115 cm³/mol. The molecule has 0 saturated carbocycles. The number of nitrogens with one attached hydrogen (secondary N) is 1. The summed E-state index contributed by atoms with van der Waals surface area (Å²) in [6.07, 6.45) is 1.10. The highest BCUT2D eigenvalue weighted by atomic mass is 35.5. The molecular formula is C21H23Cl3N2O2. The first-order valence-corrected chi connectivity index (χ1v) is 10.2. The fraction of sp³-hybridized carbons (Fsp3) is 0.333. The summed E-state index contributed by atoms with van der Waals surface area (Å²) in [6.45, 7) is 4.26. The molecule has 2 aromatic rings. The topological polar surface area (TPSA) is 49.4 Å². The van der Waals surface area contributed by atoms with Crippen molar-refractivity contribution in [3.63, 3.8) is 0 Å². The Morgan fingerprint density at radius 3 is 2.29 bits per heavy atom. The molecular weight excluding hydrogens is 419 g/mol. The fourth-order valence-electron chi connectivity index (χ4n) is 2.72. The summed E-state index contributed by atoms with van der Waals surface area (Å²) in [5, 5.41) is 4.50. The Balaban J connectivity index is 2.08. The van der Waals surface area contributed by atoms with E-state index in [1.165, 1.54) is 0 Å². The molecule has 2 rings (SSSR count). The molecule has 0 spiro atoms. The van der Waals surface area contributed by atoms with E-state index in [-0.39, 0.29) is 18.4 Å². The molecule has 1 unspecified atom stereocenters. The van der Waals surface area contributed by atoms with Crippen molar-refractivity contribution in [2.45, 2.75) is 45.8 Å². The van der Waals surface area contributed by atoms with E-state index in [1.54, 1.807) is 42.2 Å². The molecule has 1 N–H and O–H groups in total. The van der Waals surface area contributed by atoms with Gasteiger partial charge in [-0.2, -0.15) is 0 Å². The third-order valence-corrected chi connectivity index (χ3v) is 5.20. The summed E-state index contributed by atoms with van der Waals surface area (Å²) in [5.74, 6) is -0.311. The van der Waals surface area contributed by atoms with Crippen LogP contribution in [0.25, 0.3) is 0 Å². The zero-order chi connectivity index (χ0) is 20.7. The van der Waals surface area contributed by atoms with Crippen LogP contribution in [0.5, 0.6) is 0 Å². The van der Waals surface area contributed by atoms with Gasteiger partial charge in [-0.1, -0.05) is 59.9 Å². The summed E-state index contributed by atoms with van der Waals surface area (Å²) < 4.78 is 0. The molecule has 0 aliphatic carbocycles. The second-order valence-corrected chi connectivity index (χ2v) is 7.81. The van der Waals surface area contributed by atoms with Gasteiger partial charge in [0, 0.05) is 34.6 Å². The summed E-state index contributed by atoms with van der Waals surface area (Å²) in [7, 11) is 0. The second-order valence-electron chi connectivity index (χ2n) is 6.53. The maximum atomic E-state index is 12.7. The van der Waals surface area contributed by atoms with Gasteiger partial charge in [0.15, 0.2) is 0 Å². The van der Waals surface area contributed by atoms with Crippen molar-refractivity contribution in [1.29, 1.82) is 0 Å².